The Morgan fingerprint density at radius 2 is 1.72 bits per heavy atom. The lowest BCUT2D eigenvalue weighted by atomic mass is 9.52. The van der Waals surface area contributed by atoms with Gasteiger partial charge in [-0.3, -0.25) is 0 Å². The van der Waals surface area contributed by atoms with E-state index >= 15 is 0 Å². The first-order chi connectivity index (χ1) is 8.67. The van der Waals surface area contributed by atoms with Crippen LogP contribution in [0.25, 0.3) is 0 Å². The van der Waals surface area contributed by atoms with Crippen LogP contribution in [0.2, 0.25) is 0 Å². The van der Waals surface area contributed by atoms with Gasteiger partial charge in [0.2, 0.25) is 0 Å². The molecule has 1 aromatic carbocycles. The van der Waals surface area contributed by atoms with Gasteiger partial charge in [-0.05, 0) is 49.6 Å². The number of nitrogens with one attached hydrogen (secondary N) is 1. The fourth-order valence-electron chi connectivity index (χ4n) is 3.82. The SMILES string of the molecule is CCNC1CC(c2ccc(C)cc2)C1(CC)CC. The van der Waals surface area contributed by atoms with E-state index in [0.29, 0.717) is 11.5 Å². The minimum absolute atomic E-state index is 0.477. The third-order valence-electron chi connectivity index (χ3n) is 5.11. The van der Waals surface area contributed by atoms with Crippen molar-refractivity contribution >= 4 is 0 Å². The van der Waals surface area contributed by atoms with E-state index in [-0.39, 0.29) is 0 Å². The predicted octanol–water partition coefficient (Wildman–Crippen LogP) is 4.27. The third-order valence-corrected chi connectivity index (χ3v) is 5.11. The molecule has 2 rings (SSSR count). The van der Waals surface area contributed by atoms with Crippen molar-refractivity contribution in [1.82, 2.24) is 5.32 Å². The fraction of sp³-hybridized carbons (Fsp3) is 0.647. The summed E-state index contributed by atoms with van der Waals surface area (Å²) in [6.45, 7) is 10.2. The zero-order chi connectivity index (χ0) is 13.2. The molecule has 0 heterocycles. The van der Waals surface area contributed by atoms with Gasteiger partial charge in [0.25, 0.3) is 0 Å². The first kappa shape index (κ1) is 13.6. The lowest BCUT2D eigenvalue weighted by Gasteiger charge is -2.56. The van der Waals surface area contributed by atoms with Crippen molar-refractivity contribution in [2.24, 2.45) is 5.41 Å². The van der Waals surface area contributed by atoms with E-state index in [9.17, 15) is 0 Å². The van der Waals surface area contributed by atoms with Gasteiger partial charge in [-0.1, -0.05) is 50.6 Å². The van der Waals surface area contributed by atoms with E-state index in [4.69, 9.17) is 0 Å². The topological polar surface area (TPSA) is 12.0 Å². The highest BCUT2D eigenvalue weighted by atomic mass is 15.0. The summed E-state index contributed by atoms with van der Waals surface area (Å²) >= 11 is 0. The second kappa shape index (κ2) is 5.44. The smallest absolute Gasteiger partial charge is 0.0135 e. The van der Waals surface area contributed by atoms with Crippen molar-refractivity contribution in [1.29, 1.82) is 0 Å². The molecule has 1 nitrogen and oxygen atoms in total. The maximum absolute atomic E-state index is 3.69. The third kappa shape index (κ3) is 2.09. The molecule has 0 aliphatic heterocycles. The molecule has 0 spiro atoms. The van der Waals surface area contributed by atoms with Gasteiger partial charge in [0.05, 0.1) is 0 Å². The molecule has 1 aliphatic rings. The molecule has 2 unspecified atom stereocenters. The standard InChI is InChI=1S/C17H27N/c1-5-17(6-2)15(12-16(17)18-7-3)14-10-8-13(4)9-11-14/h8-11,15-16,18H,5-7,12H2,1-4H3. The molecule has 1 heteroatoms. The molecular formula is C17H27N. The van der Waals surface area contributed by atoms with Gasteiger partial charge in [0.1, 0.15) is 0 Å². The largest absolute Gasteiger partial charge is 0.314 e. The van der Waals surface area contributed by atoms with Crippen LogP contribution in [-0.2, 0) is 0 Å². The number of hydrogen-bond acceptors (Lipinski definition) is 1. The van der Waals surface area contributed by atoms with Gasteiger partial charge >= 0.3 is 0 Å². The highest BCUT2D eigenvalue weighted by molar-refractivity contribution is 5.30. The van der Waals surface area contributed by atoms with E-state index in [0.717, 1.165) is 12.5 Å². The normalized spacial score (nSPS) is 25.8. The molecule has 0 amide bonds. The Bertz CT molecular complexity index is 375. The average molecular weight is 245 g/mol. The van der Waals surface area contributed by atoms with E-state index in [1.807, 2.05) is 0 Å². The first-order valence-electron chi connectivity index (χ1n) is 7.47. The Morgan fingerprint density at radius 1 is 1.11 bits per heavy atom. The molecule has 1 saturated carbocycles. The van der Waals surface area contributed by atoms with Gasteiger partial charge in [-0.2, -0.15) is 0 Å². The van der Waals surface area contributed by atoms with E-state index in [1.165, 1.54) is 24.8 Å². The Labute approximate surface area is 112 Å². The number of rotatable bonds is 5. The lowest BCUT2D eigenvalue weighted by molar-refractivity contribution is 0.0210. The number of aryl methyl sites for hydroxylation is 1. The highest BCUT2D eigenvalue weighted by Crippen LogP contribution is 2.57. The van der Waals surface area contributed by atoms with Gasteiger partial charge < -0.3 is 5.32 Å². The molecule has 1 aliphatic carbocycles. The quantitative estimate of drug-likeness (QED) is 0.817. The Kier molecular flexibility index (Phi) is 4.11. The molecule has 0 bridgehead atoms. The van der Waals surface area contributed by atoms with E-state index in [2.05, 4.69) is 57.3 Å². The molecule has 2 atom stereocenters. The van der Waals surface area contributed by atoms with Crippen molar-refractivity contribution in [3.8, 4) is 0 Å². The van der Waals surface area contributed by atoms with Crippen LogP contribution < -0.4 is 5.32 Å². The van der Waals surface area contributed by atoms with Crippen LogP contribution >= 0.6 is 0 Å². The summed E-state index contributed by atoms with van der Waals surface area (Å²) < 4.78 is 0. The molecule has 1 aromatic rings. The summed E-state index contributed by atoms with van der Waals surface area (Å²) in [6.07, 6.45) is 3.86. The number of benzene rings is 1. The molecule has 0 saturated heterocycles. The Balaban J connectivity index is 2.21. The van der Waals surface area contributed by atoms with Gasteiger partial charge in [0, 0.05) is 6.04 Å². The maximum Gasteiger partial charge on any atom is 0.0135 e. The van der Waals surface area contributed by atoms with Crippen molar-refractivity contribution in [3.05, 3.63) is 35.4 Å². The van der Waals surface area contributed by atoms with Crippen LogP contribution in [0.15, 0.2) is 24.3 Å². The van der Waals surface area contributed by atoms with Crippen LogP contribution in [0, 0.1) is 12.3 Å². The lowest BCUT2D eigenvalue weighted by Crippen LogP contribution is -2.58. The second-order valence-corrected chi connectivity index (χ2v) is 5.75. The van der Waals surface area contributed by atoms with Crippen molar-refractivity contribution in [2.75, 3.05) is 6.54 Å². The molecular weight excluding hydrogens is 218 g/mol. The average Bonchev–Trinajstić information content (AvgIpc) is 2.37. The fourth-order valence-corrected chi connectivity index (χ4v) is 3.82. The summed E-state index contributed by atoms with van der Waals surface area (Å²) in [6, 6.07) is 9.89. The minimum Gasteiger partial charge on any atom is -0.314 e. The Morgan fingerprint density at radius 3 is 2.22 bits per heavy atom. The molecule has 0 aromatic heterocycles. The maximum atomic E-state index is 3.69. The zero-order valence-electron chi connectivity index (χ0n) is 12.3. The molecule has 0 radical (unpaired) electrons. The monoisotopic (exact) mass is 245 g/mol. The Hall–Kier alpha value is -0.820. The highest BCUT2D eigenvalue weighted by Gasteiger charge is 2.52. The van der Waals surface area contributed by atoms with Crippen LogP contribution in [-0.4, -0.2) is 12.6 Å². The molecule has 1 fully saturated rings. The van der Waals surface area contributed by atoms with Gasteiger partial charge in [-0.25, -0.2) is 0 Å². The first-order valence-corrected chi connectivity index (χ1v) is 7.47. The molecule has 100 valence electrons. The van der Waals surface area contributed by atoms with Crippen molar-refractivity contribution < 1.29 is 0 Å². The summed E-state index contributed by atoms with van der Waals surface area (Å²) in [5, 5.41) is 3.69. The summed E-state index contributed by atoms with van der Waals surface area (Å²) in [4.78, 5) is 0. The van der Waals surface area contributed by atoms with Crippen LogP contribution in [0.4, 0.5) is 0 Å². The van der Waals surface area contributed by atoms with Crippen molar-refractivity contribution in [3.63, 3.8) is 0 Å². The second-order valence-electron chi connectivity index (χ2n) is 5.75. The minimum atomic E-state index is 0.477. The van der Waals surface area contributed by atoms with E-state index in [1.54, 1.807) is 5.56 Å². The van der Waals surface area contributed by atoms with Crippen LogP contribution in [0.5, 0.6) is 0 Å². The molecule has 18 heavy (non-hydrogen) atoms. The van der Waals surface area contributed by atoms with Crippen molar-refractivity contribution in [2.45, 2.75) is 58.9 Å². The predicted molar refractivity (Wildman–Crippen MR) is 79.0 cm³/mol. The summed E-state index contributed by atoms with van der Waals surface area (Å²) in [5.41, 5.74) is 3.38. The summed E-state index contributed by atoms with van der Waals surface area (Å²) in [5.74, 6) is 0.747. The van der Waals surface area contributed by atoms with Gasteiger partial charge in [-0.15, -0.1) is 0 Å². The zero-order valence-corrected chi connectivity index (χ0v) is 12.3. The molecule has 1 N–H and O–H groups in total. The number of hydrogen-bond donors (Lipinski definition) is 1. The van der Waals surface area contributed by atoms with Gasteiger partial charge in [0.15, 0.2) is 0 Å². The van der Waals surface area contributed by atoms with E-state index < -0.39 is 0 Å². The summed E-state index contributed by atoms with van der Waals surface area (Å²) in [7, 11) is 0. The van der Waals surface area contributed by atoms with Crippen LogP contribution in [0.1, 0.15) is 57.1 Å². The van der Waals surface area contributed by atoms with Crippen LogP contribution in [0.3, 0.4) is 0 Å².